The zero-order valence-corrected chi connectivity index (χ0v) is 20.6. The molecule has 6 rings (SSSR count). The fourth-order valence-electron chi connectivity index (χ4n) is 5.81. The lowest BCUT2D eigenvalue weighted by Crippen LogP contribution is -2.15. The first-order valence-electron chi connectivity index (χ1n) is 12.6. The molecule has 0 fully saturated rings. The van der Waals surface area contributed by atoms with Gasteiger partial charge in [0.2, 0.25) is 0 Å². The van der Waals surface area contributed by atoms with Crippen molar-refractivity contribution in [2.24, 2.45) is 5.92 Å². The topological polar surface area (TPSA) is 12.0 Å². The largest absolute Gasteiger partial charge is 0.356 e. The van der Waals surface area contributed by atoms with E-state index in [1.165, 1.54) is 38.9 Å². The van der Waals surface area contributed by atoms with Crippen molar-refractivity contribution >= 4 is 5.69 Å². The highest BCUT2D eigenvalue weighted by Crippen LogP contribution is 2.49. The smallest absolute Gasteiger partial charge is 0.0384 e. The molecule has 4 aromatic carbocycles. The van der Waals surface area contributed by atoms with Crippen LogP contribution < -0.4 is 5.32 Å². The molecule has 1 nitrogen and oxygen atoms in total. The highest BCUT2D eigenvalue weighted by molar-refractivity contribution is 5.81. The Hall–Kier alpha value is -3.84. The van der Waals surface area contributed by atoms with Gasteiger partial charge in [-0.2, -0.15) is 0 Å². The quantitative estimate of drug-likeness (QED) is 0.325. The molecule has 1 heteroatoms. The molecule has 0 saturated carbocycles. The number of allylic oxidation sites excluding steroid dienone is 3. The number of anilines is 1. The Morgan fingerprint density at radius 3 is 2.14 bits per heavy atom. The minimum absolute atomic E-state index is 0.0610. The van der Waals surface area contributed by atoms with Gasteiger partial charge in [0.25, 0.3) is 0 Å². The van der Waals surface area contributed by atoms with Crippen molar-refractivity contribution < 1.29 is 0 Å². The predicted molar refractivity (Wildman–Crippen MR) is 149 cm³/mol. The van der Waals surface area contributed by atoms with Gasteiger partial charge in [0.1, 0.15) is 0 Å². The molecule has 0 spiro atoms. The van der Waals surface area contributed by atoms with Crippen LogP contribution in [0.3, 0.4) is 0 Å². The third kappa shape index (κ3) is 3.82. The van der Waals surface area contributed by atoms with E-state index < -0.39 is 0 Å². The third-order valence-corrected chi connectivity index (χ3v) is 7.77. The lowest BCUT2D eigenvalue weighted by atomic mass is 9.80. The molecule has 2 aliphatic carbocycles. The monoisotopic (exact) mass is 453 g/mol. The summed E-state index contributed by atoms with van der Waals surface area (Å²) in [7, 11) is 0. The van der Waals surface area contributed by atoms with Crippen LogP contribution in [0.25, 0.3) is 22.3 Å². The van der Waals surface area contributed by atoms with Crippen molar-refractivity contribution in [2.75, 3.05) is 5.32 Å². The van der Waals surface area contributed by atoms with E-state index in [4.69, 9.17) is 0 Å². The molecule has 172 valence electrons. The van der Waals surface area contributed by atoms with Gasteiger partial charge < -0.3 is 5.32 Å². The average molecular weight is 454 g/mol. The fourth-order valence-corrected chi connectivity index (χ4v) is 5.81. The minimum Gasteiger partial charge on any atom is -0.356 e. The Balaban J connectivity index is 1.21. The van der Waals surface area contributed by atoms with Crippen LogP contribution in [0.1, 0.15) is 43.4 Å². The van der Waals surface area contributed by atoms with E-state index in [0.29, 0.717) is 11.8 Å². The van der Waals surface area contributed by atoms with E-state index in [0.717, 1.165) is 11.4 Å². The average Bonchev–Trinajstić information content (AvgIpc) is 3.12. The summed E-state index contributed by atoms with van der Waals surface area (Å²) in [6, 6.07) is 35.2. The van der Waals surface area contributed by atoms with Crippen molar-refractivity contribution in [1.29, 1.82) is 0 Å². The Bertz CT molecular complexity index is 1440. The molecular weight excluding hydrogens is 422 g/mol. The molecule has 0 radical (unpaired) electrons. The highest BCUT2D eigenvalue weighted by atomic mass is 14.9. The van der Waals surface area contributed by atoms with Crippen LogP contribution in [0.5, 0.6) is 0 Å². The van der Waals surface area contributed by atoms with Crippen molar-refractivity contribution in [3.05, 3.63) is 138 Å². The van der Waals surface area contributed by atoms with E-state index in [-0.39, 0.29) is 5.41 Å². The first-order chi connectivity index (χ1) is 17.0. The summed E-state index contributed by atoms with van der Waals surface area (Å²) in [5.74, 6) is 0.788. The zero-order chi connectivity index (χ0) is 24.0. The third-order valence-electron chi connectivity index (χ3n) is 7.77. The summed E-state index contributed by atoms with van der Waals surface area (Å²) in [6.07, 6.45) is 6.96. The molecule has 2 aliphatic rings. The van der Waals surface area contributed by atoms with Gasteiger partial charge in [0, 0.05) is 22.7 Å². The lowest BCUT2D eigenvalue weighted by molar-refractivity contribution is 0.628. The van der Waals surface area contributed by atoms with Crippen molar-refractivity contribution in [2.45, 2.75) is 32.1 Å². The Morgan fingerprint density at radius 2 is 1.37 bits per heavy atom. The minimum atomic E-state index is 0.0610. The molecule has 0 aliphatic heterocycles. The summed E-state index contributed by atoms with van der Waals surface area (Å²) < 4.78 is 0. The molecule has 0 saturated heterocycles. The maximum Gasteiger partial charge on any atom is 0.0384 e. The predicted octanol–water partition coefficient (Wildman–Crippen LogP) is 8.95. The molecule has 35 heavy (non-hydrogen) atoms. The van der Waals surface area contributed by atoms with Crippen LogP contribution in [0.4, 0.5) is 5.69 Å². The fraction of sp³-hybridized carbons (Fsp3) is 0.176. The SMILES string of the molecule is CC1C=C(Nc2ccc(-c3ccccc3)cc2)C=CC1c1ccc2c(c1)-c1ccccc1C2(C)C. The van der Waals surface area contributed by atoms with Gasteiger partial charge in [-0.1, -0.05) is 118 Å². The van der Waals surface area contributed by atoms with Crippen molar-refractivity contribution in [1.82, 2.24) is 0 Å². The Labute approximate surface area is 208 Å². The van der Waals surface area contributed by atoms with Crippen molar-refractivity contribution in [3.63, 3.8) is 0 Å². The van der Waals surface area contributed by atoms with Gasteiger partial charge >= 0.3 is 0 Å². The second-order valence-corrected chi connectivity index (χ2v) is 10.4. The Kier molecular flexibility index (Phi) is 5.22. The van der Waals surface area contributed by atoms with E-state index in [9.17, 15) is 0 Å². The number of hydrogen-bond donors (Lipinski definition) is 1. The standard InChI is InChI=1S/C34H31N/c1-23-21-28(35-27-16-13-25(14-17-27)24-9-5-4-6-10-24)18-19-29(23)26-15-20-33-31(22-26)30-11-7-8-12-32(30)34(33,2)3/h4-23,29,35H,1-3H3. The van der Waals surface area contributed by atoms with Crippen LogP contribution in [0.2, 0.25) is 0 Å². The summed E-state index contributed by atoms with van der Waals surface area (Å²) in [5, 5.41) is 3.60. The first kappa shape index (κ1) is 21.7. The zero-order valence-electron chi connectivity index (χ0n) is 20.6. The van der Waals surface area contributed by atoms with Gasteiger partial charge in [-0.05, 0) is 63.1 Å². The number of nitrogens with one attached hydrogen (secondary N) is 1. The lowest BCUT2D eigenvalue weighted by Gasteiger charge is -2.26. The van der Waals surface area contributed by atoms with Crippen LogP contribution in [-0.2, 0) is 5.41 Å². The van der Waals surface area contributed by atoms with Crippen LogP contribution in [0.15, 0.2) is 121 Å². The van der Waals surface area contributed by atoms with Gasteiger partial charge in [0.05, 0.1) is 0 Å². The molecule has 0 aromatic heterocycles. The summed E-state index contributed by atoms with van der Waals surface area (Å²) in [5.41, 5.74) is 11.9. The van der Waals surface area contributed by atoms with Crippen LogP contribution in [-0.4, -0.2) is 0 Å². The van der Waals surface area contributed by atoms with E-state index in [2.05, 4.69) is 141 Å². The highest BCUT2D eigenvalue weighted by Gasteiger charge is 2.35. The molecule has 0 heterocycles. The van der Waals surface area contributed by atoms with Crippen LogP contribution in [0, 0.1) is 5.92 Å². The second-order valence-electron chi connectivity index (χ2n) is 10.4. The molecule has 2 unspecified atom stereocenters. The van der Waals surface area contributed by atoms with Gasteiger partial charge in [-0.25, -0.2) is 0 Å². The summed E-state index contributed by atoms with van der Waals surface area (Å²) in [4.78, 5) is 0. The maximum atomic E-state index is 3.60. The normalized spacial score (nSPS) is 19.6. The summed E-state index contributed by atoms with van der Waals surface area (Å²) >= 11 is 0. The molecule has 4 aromatic rings. The van der Waals surface area contributed by atoms with Gasteiger partial charge in [-0.3, -0.25) is 0 Å². The number of fused-ring (bicyclic) bond motifs is 3. The first-order valence-corrected chi connectivity index (χ1v) is 12.6. The maximum absolute atomic E-state index is 3.60. The number of rotatable bonds is 4. The molecule has 0 amide bonds. The van der Waals surface area contributed by atoms with E-state index in [1.54, 1.807) is 0 Å². The molecule has 1 N–H and O–H groups in total. The molecule has 2 atom stereocenters. The van der Waals surface area contributed by atoms with Gasteiger partial charge in [-0.15, -0.1) is 0 Å². The van der Waals surface area contributed by atoms with Gasteiger partial charge in [0.15, 0.2) is 0 Å². The molecule has 0 bridgehead atoms. The van der Waals surface area contributed by atoms with Crippen LogP contribution >= 0.6 is 0 Å². The number of hydrogen-bond acceptors (Lipinski definition) is 1. The van der Waals surface area contributed by atoms with E-state index >= 15 is 0 Å². The van der Waals surface area contributed by atoms with E-state index in [1.807, 2.05) is 0 Å². The molecular formula is C34H31N. The summed E-state index contributed by atoms with van der Waals surface area (Å²) in [6.45, 7) is 7.00. The van der Waals surface area contributed by atoms with Crippen molar-refractivity contribution in [3.8, 4) is 22.3 Å². The Morgan fingerprint density at radius 1 is 0.686 bits per heavy atom. The number of benzene rings is 4. The second kappa shape index (κ2) is 8.43.